The molecule has 0 saturated carbocycles. The predicted octanol–water partition coefficient (Wildman–Crippen LogP) is -0.0268. The summed E-state index contributed by atoms with van der Waals surface area (Å²) in [5, 5.41) is 7.20. The van der Waals surface area contributed by atoms with E-state index >= 15 is 0 Å². The lowest BCUT2D eigenvalue weighted by atomic mass is 10.0. The van der Waals surface area contributed by atoms with E-state index in [1.807, 2.05) is 6.92 Å². The summed E-state index contributed by atoms with van der Waals surface area (Å²) in [7, 11) is -1.37. The number of carbonyl (C=O) groups is 1. The van der Waals surface area contributed by atoms with Gasteiger partial charge in [0, 0.05) is 64.7 Å². The van der Waals surface area contributed by atoms with Crippen LogP contribution >= 0.6 is 0 Å². The first-order valence-electron chi connectivity index (χ1n) is 9.82. The number of rotatable bonds is 7. The highest BCUT2D eigenvalue weighted by atomic mass is 32.2. The van der Waals surface area contributed by atoms with Gasteiger partial charge in [0.05, 0.1) is 17.5 Å². The molecule has 1 N–H and O–H groups in total. The molecule has 9 nitrogen and oxygen atoms in total. The highest BCUT2D eigenvalue weighted by Crippen LogP contribution is 2.24. The highest BCUT2D eigenvalue weighted by Gasteiger charge is 2.35. The second-order valence-electron chi connectivity index (χ2n) is 7.70. The summed E-state index contributed by atoms with van der Waals surface area (Å²) in [6.45, 7) is 5.56. The van der Waals surface area contributed by atoms with Crippen LogP contribution in [0.2, 0.25) is 0 Å². The maximum absolute atomic E-state index is 12.5. The number of ether oxygens (including phenoxy) is 1. The Morgan fingerprint density at radius 3 is 2.61 bits per heavy atom. The molecule has 28 heavy (non-hydrogen) atoms. The molecule has 0 bridgehead atoms. The van der Waals surface area contributed by atoms with E-state index in [1.165, 1.54) is 6.26 Å². The van der Waals surface area contributed by atoms with Crippen LogP contribution in [0.5, 0.6) is 0 Å². The number of hydrogen-bond acceptors (Lipinski definition) is 6. The zero-order valence-corrected chi connectivity index (χ0v) is 17.7. The number of aromatic nitrogens is 2. The predicted molar refractivity (Wildman–Crippen MR) is 106 cm³/mol. The van der Waals surface area contributed by atoms with E-state index in [4.69, 9.17) is 4.74 Å². The molecule has 3 heterocycles. The fraction of sp³-hybridized carbons (Fsp3) is 0.778. The summed E-state index contributed by atoms with van der Waals surface area (Å²) in [5.41, 5.74) is 1.30. The number of nitrogens with zero attached hydrogens (tertiary/aromatic N) is 4. The quantitative estimate of drug-likeness (QED) is 0.675. The first-order valence-corrected chi connectivity index (χ1v) is 11.7. The van der Waals surface area contributed by atoms with Gasteiger partial charge < -0.3 is 10.1 Å². The Morgan fingerprint density at radius 1 is 1.32 bits per heavy atom. The van der Waals surface area contributed by atoms with Crippen LogP contribution in [0.4, 0.5) is 0 Å². The summed E-state index contributed by atoms with van der Waals surface area (Å²) in [5.74, 6) is -0.123. The van der Waals surface area contributed by atoms with Gasteiger partial charge in [-0.15, -0.1) is 0 Å². The number of nitrogens with one attached hydrogen (secondary N) is 1. The van der Waals surface area contributed by atoms with Crippen LogP contribution in [0.3, 0.4) is 0 Å². The fourth-order valence-corrected chi connectivity index (χ4v) is 5.06. The van der Waals surface area contributed by atoms with E-state index < -0.39 is 10.0 Å². The van der Waals surface area contributed by atoms with E-state index in [0.717, 1.165) is 32.5 Å². The van der Waals surface area contributed by atoms with Crippen LogP contribution in [-0.4, -0.2) is 91.0 Å². The van der Waals surface area contributed by atoms with Gasteiger partial charge in [-0.2, -0.15) is 5.10 Å². The summed E-state index contributed by atoms with van der Waals surface area (Å²) in [6.07, 6.45) is 5.68. The smallest absolute Gasteiger partial charge is 0.254 e. The van der Waals surface area contributed by atoms with Crippen molar-refractivity contribution in [1.29, 1.82) is 0 Å². The molecule has 1 aromatic heterocycles. The number of amides is 1. The van der Waals surface area contributed by atoms with Crippen molar-refractivity contribution in [1.82, 2.24) is 24.3 Å². The second-order valence-corrected chi connectivity index (χ2v) is 9.69. The number of carbonyl (C=O) groups excluding carboxylic acids is 1. The fourth-order valence-electron chi connectivity index (χ4n) is 4.18. The van der Waals surface area contributed by atoms with Crippen LogP contribution in [0.25, 0.3) is 0 Å². The average Bonchev–Trinajstić information content (AvgIpc) is 3.26. The average molecular weight is 414 g/mol. The minimum absolute atomic E-state index is 0.123. The van der Waals surface area contributed by atoms with Crippen molar-refractivity contribution in [2.75, 3.05) is 45.6 Å². The van der Waals surface area contributed by atoms with E-state index in [9.17, 15) is 13.2 Å². The molecule has 0 radical (unpaired) electrons. The van der Waals surface area contributed by atoms with E-state index in [0.29, 0.717) is 43.5 Å². The molecular formula is C18H31N5O4S. The van der Waals surface area contributed by atoms with Crippen molar-refractivity contribution in [3.05, 3.63) is 17.5 Å². The van der Waals surface area contributed by atoms with Crippen LogP contribution in [0.15, 0.2) is 6.20 Å². The summed E-state index contributed by atoms with van der Waals surface area (Å²) < 4.78 is 32.5. The van der Waals surface area contributed by atoms with Gasteiger partial charge in [0.15, 0.2) is 0 Å². The first-order chi connectivity index (χ1) is 13.3. The Kier molecular flexibility index (Phi) is 6.74. The molecule has 0 spiro atoms. The molecule has 158 valence electrons. The molecule has 1 atom stereocenters. The minimum atomic E-state index is -3.17. The summed E-state index contributed by atoms with van der Waals surface area (Å²) >= 11 is 0. The number of aryl methyl sites for hydroxylation is 2. The molecule has 2 aliphatic heterocycles. The molecule has 1 aromatic rings. The van der Waals surface area contributed by atoms with Gasteiger partial charge in [-0.25, -0.2) is 12.7 Å². The Hall–Kier alpha value is -1.49. The van der Waals surface area contributed by atoms with E-state index in [2.05, 4.69) is 15.3 Å². The molecule has 10 heteroatoms. The van der Waals surface area contributed by atoms with Crippen molar-refractivity contribution in [3.8, 4) is 0 Å². The van der Waals surface area contributed by atoms with Crippen molar-refractivity contribution in [2.24, 2.45) is 7.05 Å². The van der Waals surface area contributed by atoms with E-state index in [1.54, 1.807) is 22.2 Å². The van der Waals surface area contributed by atoms with Crippen molar-refractivity contribution in [2.45, 2.75) is 38.3 Å². The second kappa shape index (κ2) is 8.89. The van der Waals surface area contributed by atoms with Crippen LogP contribution in [0, 0.1) is 6.92 Å². The van der Waals surface area contributed by atoms with Gasteiger partial charge >= 0.3 is 0 Å². The molecule has 2 saturated heterocycles. The van der Waals surface area contributed by atoms with E-state index in [-0.39, 0.29) is 11.9 Å². The Balaban J connectivity index is 1.61. The molecule has 1 unspecified atom stereocenters. The van der Waals surface area contributed by atoms with Gasteiger partial charge in [-0.3, -0.25) is 14.4 Å². The van der Waals surface area contributed by atoms with Gasteiger partial charge in [-0.05, 0) is 26.2 Å². The number of hydrogen-bond donors (Lipinski definition) is 1. The maximum atomic E-state index is 12.5. The van der Waals surface area contributed by atoms with Gasteiger partial charge in [-0.1, -0.05) is 0 Å². The third-order valence-corrected chi connectivity index (χ3v) is 6.91. The zero-order chi connectivity index (χ0) is 20.3. The Bertz CT molecular complexity index is 788. The molecule has 2 fully saturated rings. The third-order valence-electron chi connectivity index (χ3n) is 5.64. The zero-order valence-electron chi connectivity index (χ0n) is 16.9. The lowest BCUT2D eigenvalue weighted by Crippen LogP contribution is -2.50. The van der Waals surface area contributed by atoms with Gasteiger partial charge in [0.1, 0.15) is 0 Å². The van der Waals surface area contributed by atoms with Crippen molar-refractivity contribution < 1.29 is 17.9 Å². The van der Waals surface area contributed by atoms with Crippen LogP contribution in [0.1, 0.15) is 35.3 Å². The molecule has 0 aliphatic carbocycles. The van der Waals surface area contributed by atoms with Crippen LogP contribution < -0.4 is 5.32 Å². The molecule has 1 amide bonds. The molecular weight excluding hydrogens is 382 g/mol. The Morgan fingerprint density at radius 2 is 2.04 bits per heavy atom. The number of sulfonamides is 1. The SMILES string of the molecule is Cc1nn(C)cc1C(=O)NCCN(C1CCOCC1)C1CCN(S(C)(=O)=O)C1. The molecule has 2 aliphatic rings. The summed E-state index contributed by atoms with van der Waals surface area (Å²) in [4.78, 5) is 14.8. The van der Waals surface area contributed by atoms with Gasteiger partial charge in [0.25, 0.3) is 5.91 Å². The monoisotopic (exact) mass is 413 g/mol. The first kappa shape index (κ1) is 21.2. The lowest BCUT2D eigenvalue weighted by molar-refractivity contribution is 0.0194. The minimum Gasteiger partial charge on any atom is -0.381 e. The molecule has 3 rings (SSSR count). The third kappa shape index (κ3) is 5.11. The lowest BCUT2D eigenvalue weighted by Gasteiger charge is -2.38. The van der Waals surface area contributed by atoms with Crippen LogP contribution in [-0.2, 0) is 21.8 Å². The summed E-state index contributed by atoms with van der Waals surface area (Å²) in [6, 6.07) is 0.533. The largest absolute Gasteiger partial charge is 0.381 e. The standard InChI is InChI=1S/C18H31N5O4S/c1-14-17(13-21(2)20-14)18(24)19-7-9-23(15-5-10-27-11-6-15)16-4-8-22(12-16)28(3,25)26/h13,15-16H,4-12H2,1-3H3,(H,19,24). The normalized spacial score (nSPS) is 22.1. The van der Waals surface area contributed by atoms with Crippen molar-refractivity contribution in [3.63, 3.8) is 0 Å². The highest BCUT2D eigenvalue weighted by molar-refractivity contribution is 7.88. The van der Waals surface area contributed by atoms with Crippen molar-refractivity contribution >= 4 is 15.9 Å². The van der Waals surface area contributed by atoms with Gasteiger partial charge in [0.2, 0.25) is 10.0 Å². The maximum Gasteiger partial charge on any atom is 0.254 e. The Labute approximate surface area is 167 Å². The molecule has 0 aromatic carbocycles. The topological polar surface area (TPSA) is 96.8 Å².